The quantitative estimate of drug-likeness (QED) is 0.433. The molecular formula is C21H17F3N6O2S. The van der Waals surface area contributed by atoms with Crippen LogP contribution in [0.15, 0.2) is 60.3 Å². The van der Waals surface area contributed by atoms with Crippen LogP contribution in [0.4, 0.5) is 13.2 Å². The third kappa shape index (κ3) is 4.33. The van der Waals surface area contributed by atoms with Crippen molar-refractivity contribution < 1.29 is 21.6 Å². The molecule has 0 unspecified atom stereocenters. The minimum absolute atomic E-state index is 0.0719. The van der Waals surface area contributed by atoms with Gasteiger partial charge < -0.3 is 4.57 Å². The van der Waals surface area contributed by atoms with Crippen molar-refractivity contribution >= 4 is 9.84 Å². The smallest absolute Gasteiger partial charge is 0.326 e. The van der Waals surface area contributed by atoms with Gasteiger partial charge in [-0.2, -0.15) is 13.2 Å². The lowest BCUT2D eigenvalue weighted by Gasteiger charge is -2.12. The maximum absolute atomic E-state index is 13.1. The van der Waals surface area contributed by atoms with E-state index in [9.17, 15) is 21.6 Å². The Bertz CT molecular complexity index is 1420. The first kappa shape index (κ1) is 22.5. The number of halogens is 3. The zero-order valence-electron chi connectivity index (χ0n) is 17.4. The summed E-state index contributed by atoms with van der Waals surface area (Å²) in [5.74, 6) is 0.296. The summed E-state index contributed by atoms with van der Waals surface area (Å²) in [5.41, 5.74) is 0.0800. The van der Waals surface area contributed by atoms with E-state index in [1.165, 1.54) is 48.5 Å². The van der Waals surface area contributed by atoms with Crippen molar-refractivity contribution in [2.75, 3.05) is 5.75 Å². The van der Waals surface area contributed by atoms with Crippen LogP contribution < -0.4 is 0 Å². The van der Waals surface area contributed by atoms with Gasteiger partial charge in [-0.1, -0.05) is 6.92 Å². The number of nitrogens with zero attached hydrogens (tertiary/aromatic N) is 6. The molecule has 0 aliphatic heterocycles. The van der Waals surface area contributed by atoms with Crippen LogP contribution in [-0.2, 0) is 23.1 Å². The molecule has 0 bridgehead atoms. The Labute approximate surface area is 187 Å². The molecule has 0 aromatic carbocycles. The Morgan fingerprint density at radius 1 is 0.939 bits per heavy atom. The minimum Gasteiger partial charge on any atom is -0.326 e. The molecule has 0 saturated carbocycles. The van der Waals surface area contributed by atoms with Crippen LogP contribution in [0.5, 0.6) is 0 Å². The van der Waals surface area contributed by atoms with Gasteiger partial charge in [0.15, 0.2) is 21.5 Å². The molecule has 0 N–H and O–H groups in total. The van der Waals surface area contributed by atoms with Crippen LogP contribution >= 0.6 is 0 Å². The summed E-state index contributed by atoms with van der Waals surface area (Å²) in [7, 11) is -2.17. The lowest BCUT2D eigenvalue weighted by molar-refractivity contribution is -0.137. The van der Waals surface area contributed by atoms with Gasteiger partial charge >= 0.3 is 6.18 Å². The van der Waals surface area contributed by atoms with E-state index in [4.69, 9.17) is 0 Å². The van der Waals surface area contributed by atoms with Gasteiger partial charge in [-0.3, -0.25) is 9.97 Å². The first-order valence-corrected chi connectivity index (χ1v) is 11.3. The second-order valence-corrected chi connectivity index (χ2v) is 9.28. The molecule has 4 heterocycles. The Balaban J connectivity index is 1.86. The van der Waals surface area contributed by atoms with Crippen molar-refractivity contribution in [1.82, 2.24) is 29.5 Å². The molecular weight excluding hydrogens is 457 g/mol. The number of alkyl halides is 3. The van der Waals surface area contributed by atoms with Crippen LogP contribution in [0, 0.1) is 0 Å². The fraction of sp³-hybridized carbons (Fsp3) is 0.190. The van der Waals surface area contributed by atoms with E-state index in [-0.39, 0.29) is 27.7 Å². The molecule has 0 saturated heterocycles. The van der Waals surface area contributed by atoms with Crippen molar-refractivity contribution in [1.29, 1.82) is 0 Å². The Morgan fingerprint density at radius 2 is 1.67 bits per heavy atom. The number of hydrogen-bond acceptors (Lipinski definition) is 7. The standard InChI is InChI=1S/C21H17F3N6O2S/c1-3-33(31,32)17-8-14(19-26-5-4-6-27-19)10-28-18(17)20-29-12-16(30(20)2)13-7-15(11-25-9-13)21(22,23)24/h4-12H,3H2,1-2H3. The van der Waals surface area contributed by atoms with E-state index in [0.717, 1.165) is 12.3 Å². The topological polar surface area (TPSA) is 104 Å². The average Bonchev–Trinajstić information content (AvgIpc) is 3.20. The molecule has 33 heavy (non-hydrogen) atoms. The number of aromatic nitrogens is 6. The Hall–Kier alpha value is -3.67. The van der Waals surface area contributed by atoms with Gasteiger partial charge in [0, 0.05) is 49.2 Å². The number of sulfone groups is 1. The highest BCUT2D eigenvalue weighted by atomic mass is 32.2. The zero-order chi connectivity index (χ0) is 23.8. The fourth-order valence-corrected chi connectivity index (χ4v) is 4.26. The van der Waals surface area contributed by atoms with E-state index in [1.54, 1.807) is 13.1 Å². The van der Waals surface area contributed by atoms with Gasteiger partial charge in [0.2, 0.25) is 0 Å². The Morgan fingerprint density at radius 3 is 2.33 bits per heavy atom. The molecule has 8 nitrogen and oxygen atoms in total. The molecule has 170 valence electrons. The van der Waals surface area contributed by atoms with E-state index in [0.29, 0.717) is 17.1 Å². The lowest BCUT2D eigenvalue weighted by Crippen LogP contribution is -2.10. The van der Waals surface area contributed by atoms with Crippen molar-refractivity contribution in [3.8, 4) is 34.2 Å². The van der Waals surface area contributed by atoms with Crippen molar-refractivity contribution in [3.63, 3.8) is 0 Å². The summed E-state index contributed by atoms with van der Waals surface area (Å²) >= 11 is 0. The maximum atomic E-state index is 13.1. The highest BCUT2D eigenvalue weighted by molar-refractivity contribution is 7.91. The minimum atomic E-state index is -4.55. The molecule has 0 spiro atoms. The number of hydrogen-bond donors (Lipinski definition) is 0. The van der Waals surface area contributed by atoms with E-state index in [2.05, 4.69) is 24.9 Å². The number of imidazole rings is 1. The van der Waals surface area contributed by atoms with Gasteiger partial charge in [-0.25, -0.2) is 23.4 Å². The average molecular weight is 474 g/mol. The molecule has 0 atom stereocenters. The third-order valence-corrected chi connectivity index (χ3v) is 6.69. The molecule has 0 fully saturated rings. The second kappa shape index (κ2) is 8.35. The number of pyridine rings is 2. The number of rotatable bonds is 5. The second-order valence-electron chi connectivity index (χ2n) is 7.03. The van der Waals surface area contributed by atoms with Gasteiger partial charge in [-0.15, -0.1) is 0 Å². The van der Waals surface area contributed by atoms with Gasteiger partial charge in [0.05, 0.1) is 28.1 Å². The maximum Gasteiger partial charge on any atom is 0.417 e. The first-order valence-electron chi connectivity index (χ1n) is 9.66. The van der Waals surface area contributed by atoms with Crippen molar-refractivity contribution in [2.24, 2.45) is 7.05 Å². The lowest BCUT2D eigenvalue weighted by atomic mass is 10.1. The highest BCUT2D eigenvalue weighted by Gasteiger charge is 2.31. The normalized spacial score (nSPS) is 12.2. The van der Waals surface area contributed by atoms with Gasteiger partial charge in [0.25, 0.3) is 0 Å². The van der Waals surface area contributed by atoms with E-state index >= 15 is 0 Å². The summed E-state index contributed by atoms with van der Waals surface area (Å²) in [6, 6.07) is 4.02. The summed E-state index contributed by atoms with van der Waals surface area (Å²) in [6.45, 7) is 1.50. The molecule has 0 amide bonds. The summed E-state index contributed by atoms with van der Waals surface area (Å²) < 4.78 is 66.5. The highest BCUT2D eigenvalue weighted by Crippen LogP contribution is 2.34. The molecule has 0 radical (unpaired) electrons. The fourth-order valence-electron chi connectivity index (χ4n) is 3.21. The summed E-state index contributed by atoms with van der Waals surface area (Å²) in [5, 5.41) is 0. The molecule has 12 heteroatoms. The molecule has 4 aromatic heterocycles. The van der Waals surface area contributed by atoms with Crippen LogP contribution in [0.25, 0.3) is 34.2 Å². The van der Waals surface area contributed by atoms with Gasteiger partial charge in [-0.05, 0) is 18.2 Å². The first-order chi connectivity index (χ1) is 15.6. The summed E-state index contributed by atoms with van der Waals surface area (Å²) in [4.78, 5) is 20.4. The molecule has 4 aromatic rings. The van der Waals surface area contributed by atoms with Crippen LogP contribution in [-0.4, -0.2) is 43.7 Å². The molecule has 0 aliphatic rings. The van der Waals surface area contributed by atoms with E-state index in [1.807, 2.05) is 0 Å². The Kier molecular flexibility index (Phi) is 5.70. The molecule has 0 aliphatic carbocycles. The third-order valence-electron chi connectivity index (χ3n) is 4.95. The predicted octanol–water partition coefficient (Wildman–Crippen LogP) is 3.81. The van der Waals surface area contributed by atoms with Crippen LogP contribution in [0.3, 0.4) is 0 Å². The van der Waals surface area contributed by atoms with Crippen molar-refractivity contribution in [3.05, 3.63) is 60.9 Å². The van der Waals surface area contributed by atoms with Gasteiger partial charge in [0.1, 0.15) is 5.69 Å². The van der Waals surface area contributed by atoms with E-state index < -0.39 is 21.6 Å². The largest absolute Gasteiger partial charge is 0.417 e. The van der Waals surface area contributed by atoms with Crippen LogP contribution in [0.1, 0.15) is 12.5 Å². The van der Waals surface area contributed by atoms with Crippen molar-refractivity contribution in [2.45, 2.75) is 18.0 Å². The summed E-state index contributed by atoms with van der Waals surface area (Å²) in [6.07, 6.45) is 3.30. The SMILES string of the molecule is CCS(=O)(=O)c1cc(-c2ncccn2)cnc1-c1ncc(-c2cncc(C(F)(F)F)c2)n1C. The monoisotopic (exact) mass is 474 g/mol. The zero-order valence-corrected chi connectivity index (χ0v) is 18.3. The predicted molar refractivity (Wildman–Crippen MR) is 113 cm³/mol. The molecule has 4 rings (SSSR count). The van der Waals surface area contributed by atoms with Crippen LogP contribution in [0.2, 0.25) is 0 Å².